The maximum Gasteiger partial charge on any atom is 0.226 e. The number of methoxy groups -OCH3 is 2. The Labute approximate surface area is 155 Å². The van der Waals surface area contributed by atoms with Crippen LogP contribution in [0.2, 0.25) is 0 Å². The first kappa shape index (κ1) is 18.5. The van der Waals surface area contributed by atoms with E-state index in [0.29, 0.717) is 38.3 Å². The van der Waals surface area contributed by atoms with Gasteiger partial charge in [0.15, 0.2) is 11.5 Å². The Balaban J connectivity index is 1.68. The molecule has 1 saturated carbocycles. The van der Waals surface area contributed by atoms with Gasteiger partial charge in [-0.2, -0.15) is 0 Å². The number of hydrogen-bond donors (Lipinski definition) is 0. The Kier molecular flexibility index (Phi) is 5.39. The lowest BCUT2D eigenvalue weighted by Crippen LogP contribution is -2.38. The molecule has 26 heavy (non-hydrogen) atoms. The SMILES string of the molecule is CCN(CC)C(=O)C1CC1C(=O)N1CCc2cc(OC)c(OC)cc2C1. The molecule has 3 rings (SSSR count). The van der Waals surface area contributed by atoms with Crippen molar-refractivity contribution in [1.82, 2.24) is 9.80 Å². The summed E-state index contributed by atoms with van der Waals surface area (Å²) in [6.07, 6.45) is 1.48. The molecule has 0 aromatic heterocycles. The molecule has 2 unspecified atom stereocenters. The molecule has 0 radical (unpaired) electrons. The first-order valence-corrected chi connectivity index (χ1v) is 9.35. The summed E-state index contributed by atoms with van der Waals surface area (Å²) in [5.41, 5.74) is 2.28. The average molecular weight is 360 g/mol. The molecule has 0 saturated heterocycles. The number of rotatable bonds is 6. The van der Waals surface area contributed by atoms with Crippen LogP contribution in [-0.4, -0.2) is 55.5 Å². The maximum atomic E-state index is 12.9. The monoisotopic (exact) mass is 360 g/mol. The zero-order valence-electron chi connectivity index (χ0n) is 16.1. The van der Waals surface area contributed by atoms with Crippen LogP contribution in [-0.2, 0) is 22.6 Å². The van der Waals surface area contributed by atoms with Crippen LogP contribution < -0.4 is 9.47 Å². The maximum absolute atomic E-state index is 12.9. The minimum absolute atomic E-state index is 0.107. The summed E-state index contributed by atoms with van der Waals surface area (Å²) in [7, 11) is 3.24. The fourth-order valence-corrected chi connectivity index (χ4v) is 3.82. The van der Waals surface area contributed by atoms with Gasteiger partial charge in [-0.1, -0.05) is 0 Å². The molecule has 2 amide bonds. The number of nitrogens with zero attached hydrogens (tertiary/aromatic N) is 2. The lowest BCUT2D eigenvalue weighted by Gasteiger charge is -2.30. The van der Waals surface area contributed by atoms with Crippen LogP contribution in [0.4, 0.5) is 0 Å². The molecule has 1 aliphatic heterocycles. The third kappa shape index (κ3) is 3.37. The van der Waals surface area contributed by atoms with Crippen molar-refractivity contribution in [2.45, 2.75) is 33.2 Å². The van der Waals surface area contributed by atoms with E-state index in [9.17, 15) is 9.59 Å². The predicted octanol–water partition coefficient (Wildman–Crippen LogP) is 2.09. The second-order valence-electron chi connectivity index (χ2n) is 6.94. The first-order valence-electron chi connectivity index (χ1n) is 9.35. The fraction of sp³-hybridized carbons (Fsp3) is 0.600. The molecule has 0 N–H and O–H groups in total. The van der Waals surface area contributed by atoms with Gasteiger partial charge in [-0.25, -0.2) is 0 Å². The topological polar surface area (TPSA) is 59.1 Å². The van der Waals surface area contributed by atoms with E-state index in [1.807, 2.05) is 35.8 Å². The van der Waals surface area contributed by atoms with Gasteiger partial charge in [0, 0.05) is 26.2 Å². The Morgan fingerprint density at radius 1 is 1.08 bits per heavy atom. The lowest BCUT2D eigenvalue weighted by atomic mass is 9.98. The summed E-state index contributed by atoms with van der Waals surface area (Å²) in [4.78, 5) is 29.0. The van der Waals surface area contributed by atoms with Crippen LogP contribution in [0.15, 0.2) is 12.1 Å². The van der Waals surface area contributed by atoms with Gasteiger partial charge in [-0.05, 0) is 49.9 Å². The highest BCUT2D eigenvalue weighted by Crippen LogP contribution is 2.42. The smallest absolute Gasteiger partial charge is 0.226 e. The van der Waals surface area contributed by atoms with E-state index in [1.54, 1.807) is 14.2 Å². The molecule has 6 nitrogen and oxygen atoms in total. The molecule has 1 aromatic carbocycles. The number of amides is 2. The van der Waals surface area contributed by atoms with E-state index in [-0.39, 0.29) is 23.7 Å². The molecule has 1 fully saturated rings. The summed E-state index contributed by atoms with van der Waals surface area (Å²) < 4.78 is 10.7. The van der Waals surface area contributed by atoms with E-state index in [1.165, 1.54) is 5.56 Å². The second-order valence-corrected chi connectivity index (χ2v) is 6.94. The van der Waals surface area contributed by atoms with E-state index in [2.05, 4.69) is 0 Å². The predicted molar refractivity (Wildman–Crippen MR) is 98.2 cm³/mol. The van der Waals surface area contributed by atoms with E-state index >= 15 is 0 Å². The van der Waals surface area contributed by atoms with Crippen molar-refractivity contribution in [3.63, 3.8) is 0 Å². The minimum atomic E-state index is -0.148. The minimum Gasteiger partial charge on any atom is -0.493 e. The van der Waals surface area contributed by atoms with E-state index < -0.39 is 0 Å². The van der Waals surface area contributed by atoms with Crippen molar-refractivity contribution in [2.24, 2.45) is 11.8 Å². The molecule has 1 aliphatic carbocycles. The van der Waals surface area contributed by atoms with Crippen LogP contribution >= 0.6 is 0 Å². The van der Waals surface area contributed by atoms with E-state index in [0.717, 1.165) is 17.7 Å². The molecule has 0 bridgehead atoms. The molecule has 1 heterocycles. The quantitative estimate of drug-likeness (QED) is 0.779. The van der Waals surface area contributed by atoms with Crippen molar-refractivity contribution in [3.8, 4) is 11.5 Å². The van der Waals surface area contributed by atoms with Gasteiger partial charge in [-0.15, -0.1) is 0 Å². The Morgan fingerprint density at radius 2 is 1.69 bits per heavy atom. The largest absolute Gasteiger partial charge is 0.493 e. The standard InChI is InChI=1S/C20H28N2O4/c1-5-21(6-2)19(23)15-11-16(15)20(24)22-8-7-13-9-17(25-3)18(26-4)10-14(13)12-22/h9-10,15-16H,5-8,11-12H2,1-4H3. The molecule has 0 spiro atoms. The molecule has 142 valence electrons. The average Bonchev–Trinajstić information content (AvgIpc) is 3.47. The van der Waals surface area contributed by atoms with Crippen molar-refractivity contribution < 1.29 is 19.1 Å². The van der Waals surface area contributed by atoms with Crippen LogP contribution in [0.3, 0.4) is 0 Å². The summed E-state index contributed by atoms with van der Waals surface area (Å²) in [5.74, 6) is 1.35. The molecule has 1 aromatic rings. The number of hydrogen-bond acceptors (Lipinski definition) is 4. The summed E-state index contributed by atoms with van der Waals surface area (Å²) in [5, 5.41) is 0. The molecule has 6 heteroatoms. The highest BCUT2D eigenvalue weighted by atomic mass is 16.5. The second kappa shape index (κ2) is 7.56. The van der Waals surface area contributed by atoms with Crippen molar-refractivity contribution in [1.29, 1.82) is 0 Å². The molecule has 2 aliphatic rings. The van der Waals surface area contributed by atoms with Crippen LogP contribution in [0.1, 0.15) is 31.4 Å². The number of benzene rings is 1. The summed E-state index contributed by atoms with van der Waals surface area (Å²) in [6.45, 7) is 6.60. The third-order valence-corrected chi connectivity index (χ3v) is 5.53. The van der Waals surface area contributed by atoms with Crippen molar-refractivity contribution >= 4 is 11.8 Å². The Morgan fingerprint density at radius 3 is 2.27 bits per heavy atom. The zero-order valence-corrected chi connectivity index (χ0v) is 16.1. The number of carbonyl (C=O) groups is 2. The number of ether oxygens (including phenoxy) is 2. The fourth-order valence-electron chi connectivity index (χ4n) is 3.82. The Bertz CT molecular complexity index is 699. The van der Waals surface area contributed by atoms with Crippen molar-refractivity contribution in [2.75, 3.05) is 33.9 Å². The van der Waals surface area contributed by atoms with Gasteiger partial charge in [0.05, 0.1) is 26.1 Å². The number of carbonyl (C=O) groups excluding carboxylic acids is 2. The van der Waals surface area contributed by atoms with Crippen LogP contribution in [0, 0.1) is 11.8 Å². The summed E-state index contributed by atoms with van der Waals surface area (Å²) in [6, 6.07) is 3.96. The summed E-state index contributed by atoms with van der Waals surface area (Å²) >= 11 is 0. The normalized spacial score (nSPS) is 21.0. The lowest BCUT2D eigenvalue weighted by molar-refractivity contribution is -0.138. The van der Waals surface area contributed by atoms with Crippen molar-refractivity contribution in [3.05, 3.63) is 23.3 Å². The highest BCUT2D eigenvalue weighted by molar-refractivity contribution is 5.92. The van der Waals surface area contributed by atoms with Crippen LogP contribution in [0.5, 0.6) is 11.5 Å². The third-order valence-electron chi connectivity index (χ3n) is 5.53. The Hall–Kier alpha value is -2.24. The van der Waals surface area contributed by atoms with Crippen LogP contribution in [0.25, 0.3) is 0 Å². The highest BCUT2D eigenvalue weighted by Gasteiger charge is 2.50. The molecular formula is C20H28N2O4. The van der Waals surface area contributed by atoms with Gasteiger partial charge in [0.25, 0.3) is 0 Å². The van der Waals surface area contributed by atoms with Gasteiger partial charge in [0.2, 0.25) is 11.8 Å². The van der Waals surface area contributed by atoms with Gasteiger partial charge >= 0.3 is 0 Å². The first-order chi connectivity index (χ1) is 12.5. The number of fused-ring (bicyclic) bond motifs is 1. The molecule has 2 atom stereocenters. The van der Waals surface area contributed by atoms with Gasteiger partial charge in [-0.3, -0.25) is 9.59 Å². The van der Waals surface area contributed by atoms with Gasteiger partial charge < -0.3 is 19.3 Å². The van der Waals surface area contributed by atoms with E-state index in [4.69, 9.17) is 9.47 Å². The molecular weight excluding hydrogens is 332 g/mol. The zero-order chi connectivity index (χ0) is 18.8. The van der Waals surface area contributed by atoms with Gasteiger partial charge in [0.1, 0.15) is 0 Å².